The maximum atomic E-state index is 13.1. The molecule has 6 heteroatoms. The zero-order valence-corrected chi connectivity index (χ0v) is 17.5. The first kappa shape index (κ1) is 19.9. The van der Waals surface area contributed by atoms with Crippen molar-refractivity contribution in [1.29, 1.82) is 0 Å². The van der Waals surface area contributed by atoms with Gasteiger partial charge in [0.2, 0.25) is 5.91 Å². The van der Waals surface area contributed by atoms with Crippen LogP contribution in [0.2, 0.25) is 0 Å². The van der Waals surface area contributed by atoms with Crippen molar-refractivity contribution in [3.8, 4) is 11.5 Å². The van der Waals surface area contributed by atoms with Gasteiger partial charge in [-0.05, 0) is 42.5 Å². The van der Waals surface area contributed by atoms with Crippen LogP contribution in [0.5, 0.6) is 11.5 Å². The molecular formula is C21H26BrNO4. The molecule has 1 unspecified atom stereocenters. The third-order valence-corrected chi connectivity index (χ3v) is 6.30. The summed E-state index contributed by atoms with van der Waals surface area (Å²) in [5.41, 5.74) is 0.838. The van der Waals surface area contributed by atoms with Crippen molar-refractivity contribution in [2.24, 2.45) is 5.92 Å². The largest absolute Gasteiger partial charge is 0.493 e. The Labute approximate surface area is 168 Å². The molecule has 1 aliphatic carbocycles. The summed E-state index contributed by atoms with van der Waals surface area (Å²) in [7, 11) is 3.16. The number of benzene rings is 1. The molecule has 1 heterocycles. The summed E-state index contributed by atoms with van der Waals surface area (Å²) in [5.74, 6) is 1.73. The van der Waals surface area contributed by atoms with E-state index in [1.54, 1.807) is 25.3 Å². The minimum atomic E-state index is -0.0192. The van der Waals surface area contributed by atoms with Crippen LogP contribution in [0.25, 0.3) is 0 Å². The van der Waals surface area contributed by atoms with Crippen LogP contribution in [-0.4, -0.2) is 36.9 Å². The molecule has 1 aromatic carbocycles. The van der Waals surface area contributed by atoms with Gasteiger partial charge in [0.05, 0.1) is 20.6 Å². The maximum absolute atomic E-state index is 13.1. The zero-order valence-electron chi connectivity index (χ0n) is 15.9. The number of hydrogen-bond donors (Lipinski definition) is 0. The van der Waals surface area contributed by atoms with E-state index in [1.807, 2.05) is 12.1 Å². The Bertz CT molecular complexity index is 740. The fraction of sp³-hybridized carbons (Fsp3) is 0.524. The van der Waals surface area contributed by atoms with Gasteiger partial charge in [-0.3, -0.25) is 9.59 Å². The summed E-state index contributed by atoms with van der Waals surface area (Å²) in [6.07, 6.45) is 9.68. The molecule has 3 rings (SSSR count). The van der Waals surface area contributed by atoms with Gasteiger partial charge in [0.25, 0.3) is 0 Å². The number of rotatable bonds is 5. The van der Waals surface area contributed by atoms with Gasteiger partial charge >= 0.3 is 0 Å². The number of methoxy groups -OCH3 is 2. The lowest BCUT2D eigenvalue weighted by molar-refractivity contribution is -0.132. The van der Waals surface area contributed by atoms with E-state index in [1.165, 1.54) is 25.3 Å². The molecule has 1 fully saturated rings. The second-order valence-corrected chi connectivity index (χ2v) is 8.08. The molecule has 0 radical (unpaired) electrons. The monoisotopic (exact) mass is 435 g/mol. The minimum absolute atomic E-state index is 0.00208. The van der Waals surface area contributed by atoms with Crippen molar-refractivity contribution in [3.63, 3.8) is 0 Å². The number of hydrogen-bond acceptors (Lipinski definition) is 4. The summed E-state index contributed by atoms with van der Waals surface area (Å²) >= 11 is 3.53. The topological polar surface area (TPSA) is 55.8 Å². The summed E-state index contributed by atoms with van der Waals surface area (Å²) in [6.45, 7) is 0. The highest BCUT2D eigenvalue weighted by molar-refractivity contribution is 9.10. The lowest BCUT2D eigenvalue weighted by atomic mass is 9.80. The van der Waals surface area contributed by atoms with Gasteiger partial charge in [-0.1, -0.05) is 35.2 Å². The second kappa shape index (κ2) is 8.91. The Morgan fingerprint density at radius 3 is 2.48 bits per heavy atom. The molecule has 5 nitrogen and oxygen atoms in total. The lowest BCUT2D eigenvalue weighted by Gasteiger charge is -2.38. The smallest absolute Gasteiger partial charge is 0.231 e. The van der Waals surface area contributed by atoms with Gasteiger partial charge in [0, 0.05) is 23.1 Å². The van der Waals surface area contributed by atoms with E-state index in [-0.39, 0.29) is 24.2 Å². The molecule has 0 spiro atoms. The number of nitrogens with zero attached hydrogens (tertiary/aromatic N) is 1. The zero-order chi connectivity index (χ0) is 19.4. The third-order valence-electron chi connectivity index (χ3n) is 5.56. The summed E-state index contributed by atoms with van der Waals surface area (Å²) in [5, 5.41) is 0. The summed E-state index contributed by atoms with van der Waals surface area (Å²) in [6, 6.07) is 3.62. The fourth-order valence-corrected chi connectivity index (χ4v) is 4.58. The van der Waals surface area contributed by atoms with Gasteiger partial charge < -0.3 is 14.4 Å². The SMILES string of the molecule is COc1cc(Br)c(CC(=O)N2C=CC(=O)CC2C2CCCCC2)cc1OC. The highest BCUT2D eigenvalue weighted by Crippen LogP contribution is 2.35. The van der Waals surface area contributed by atoms with Gasteiger partial charge in [0.1, 0.15) is 0 Å². The minimum Gasteiger partial charge on any atom is -0.493 e. The number of carbonyl (C=O) groups excluding carboxylic acids is 2. The number of ether oxygens (including phenoxy) is 2. The molecule has 0 bridgehead atoms. The number of allylic oxidation sites excluding steroid dienone is 1. The van der Waals surface area contributed by atoms with Crippen molar-refractivity contribution in [2.45, 2.75) is 51.0 Å². The Morgan fingerprint density at radius 2 is 1.81 bits per heavy atom. The van der Waals surface area contributed by atoms with E-state index < -0.39 is 0 Å². The van der Waals surface area contributed by atoms with E-state index in [2.05, 4.69) is 15.9 Å². The summed E-state index contributed by atoms with van der Waals surface area (Å²) in [4.78, 5) is 26.9. The van der Waals surface area contributed by atoms with E-state index in [4.69, 9.17) is 9.47 Å². The number of amides is 1. The van der Waals surface area contributed by atoms with Crippen LogP contribution >= 0.6 is 15.9 Å². The first-order chi connectivity index (χ1) is 13.0. The number of carbonyl (C=O) groups is 2. The molecule has 146 valence electrons. The molecular weight excluding hydrogens is 410 g/mol. The van der Waals surface area contributed by atoms with Crippen molar-refractivity contribution in [1.82, 2.24) is 4.90 Å². The predicted molar refractivity (Wildman–Crippen MR) is 107 cm³/mol. The highest BCUT2D eigenvalue weighted by atomic mass is 79.9. The van der Waals surface area contributed by atoms with Crippen LogP contribution in [0.15, 0.2) is 28.9 Å². The lowest BCUT2D eigenvalue weighted by Crippen LogP contribution is -2.45. The van der Waals surface area contributed by atoms with Crippen molar-refractivity contribution < 1.29 is 19.1 Å². The van der Waals surface area contributed by atoms with E-state index >= 15 is 0 Å². The van der Waals surface area contributed by atoms with Crippen molar-refractivity contribution in [3.05, 3.63) is 34.4 Å². The van der Waals surface area contributed by atoms with Crippen LogP contribution in [-0.2, 0) is 16.0 Å². The molecule has 1 amide bonds. The first-order valence-corrected chi connectivity index (χ1v) is 10.3. The number of halogens is 1. The molecule has 2 aliphatic rings. The van der Waals surface area contributed by atoms with Crippen LogP contribution in [0, 0.1) is 5.92 Å². The van der Waals surface area contributed by atoms with Gasteiger partial charge in [0.15, 0.2) is 17.3 Å². The summed E-state index contributed by atoms with van der Waals surface area (Å²) < 4.78 is 11.5. The third kappa shape index (κ3) is 4.54. The standard InChI is InChI=1S/C21H26BrNO4/c1-26-19-10-15(17(22)13-20(19)27-2)11-21(25)23-9-8-16(24)12-18(23)14-6-4-3-5-7-14/h8-10,13-14,18H,3-7,11-12H2,1-2H3. The van der Waals surface area contributed by atoms with E-state index in [0.717, 1.165) is 22.9 Å². The Hall–Kier alpha value is -1.82. The Morgan fingerprint density at radius 1 is 1.15 bits per heavy atom. The quantitative estimate of drug-likeness (QED) is 0.692. The van der Waals surface area contributed by atoms with Crippen LogP contribution < -0.4 is 9.47 Å². The average molecular weight is 436 g/mol. The molecule has 0 N–H and O–H groups in total. The van der Waals surface area contributed by atoms with E-state index in [9.17, 15) is 9.59 Å². The van der Waals surface area contributed by atoms with Crippen molar-refractivity contribution >= 4 is 27.6 Å². The molecule has 1 aliphatic heterocycles. The first-order valence-electron chi connectivity index (χ1n) is 9.46. The molecule has 1 aromatic rings. The highest BCUT2D eigenvalue weighted by Gasteiger charge is 2.34. The molecule has 0 saturated heterocycles. The van der Waals surface area contributed by atoms with Gasteiger partial charge in [-0.2, -0.15) is 0 Å². The Balaban J connectivity index is 1.81. The van der Waals surface area contributed by atoms with Crippen LogP contribution in [0.4, 0.5) is 0 Å². The Kier molecular flexibility index (Phi) is 6.58. The number of ketones is 1. The van der Waals surface area contributed by atoms with Crippen LogP contribution in [0.3, 0.4) is 0 Å². The van der Waals surface area contributed by atoms with E-state index in [0.29, 0.717) is 23.8 Å². The fourth-order valence-electron chi connectivity index (χ4n) is 4.11. The van der Waals surface area contributed by atoms with Gasteiger partial charge in [-0.25, -0.2) is 0 Å². The van der Waals surface area contributed by atoms with Crippen LogP contribution in [0.1, 0.15) is 44.1 Å². The normalized spacial score (nSPS) is 20.6. The van der Waals surface area contributed by atoms with Crippen molar-refractivity contribution in [2.75, 3.05) is 14.2 Å². The van der Waals surface area contributed by atoms with Gasteiger partial charge in [-0.15, -0.1) is 0 Å². The predicted octanol–water partition coefficient (Wildman–Crippen LogP) is 4.27. The average Bonchev–Trinajstić information content (AvgIpc) is 2.69. The second-order valence-electron chi connectivity index (χ2n) is 7.23. The molecule has 0 aromatic heterocycles. The molecule has 1 saturated carbocycles. The molecule has 27 heavy (non-hydrogen) atoms. The molecule has 1 atom stereocenters. The maximum Gasteiger partial charge on any atom is 0.231 e.